The lowest BCUT2D eigenvalue weighted by atomic mass is 9.91. The molecular formula is C12H24N2O2. The van der Waals surface area contributed by atoms with Crippen molar-refractivity contribution >= 4 is 5.97 Å². The van der Waals surface area contributed by atoms with Gasteiger partial charge in [-0.25, -0.2) is 0 Å². The van der Waals surface area contributed by atoms with Gasteiger partial charge in [-0.2, -0.15) is 0 Å². The average molecular weight is 228 g/mol. The summed E-state index contributed by atoms with van der Waals surface area (Å²) in [5, 5.41) is 0. The van der Waals surface area contributed by atoms with Crippen LogP contribution in [0.1, 0.15) is 33.1 Å². The number of nitrogens with two attached hydrogens (primary N) is 1. The second-order valence-corrected chi connectivity index (χ2v) is 4.65. The summed E-state index contributed by atoms with van der Waals surface area (Å²) >= 11 is 0. The Bertz CT molecular complexity index is 221. The van der Waals surface area contributed by atoms with Crippen molar-refractivity contribution in [3.05, 3.63) is 0 Å². The fourth-order valence-corrected chi connectivity index (χ4v) is 2.48. The minimum absolute atomic E-state index is 0.133. The fourth-order valence-electron chi connectivity index (χ4n) is 2.48. The lowest BCUT2D eigenvalue weighted by Gasteiger charge is -2.35. The van der Waals surface area contributed by atoms with Crippen molar-refractivity contribution in [2.75, 3.05) is 26.2 Å². The Labute approximate surface area is 98.1 Å². The Morgan fingerprint density at radius 3 is 2.81 bits per heavy atom. The number of ether oxygens (including phenoxy) is 1. The number of esters is 1. The number of nitrogens with zero attached hydrogens (tertiary/aromatic N) is 1. The van der Waals surface area contributed by atoms with Crippen LogP contribution in [0, 0.1) is 5.92 Å². The Balaban J connectivity index is 2.37. The van der Waals surface area contributed by atoms with Gasteiger partial charge in [0.1, 0.15) is 0 Å². The van der Waals surface area contributed by atoms with Crippen molar-refractivity contribution in [3.8, 4) is 0 Å². The maximum absolute atomic E-state index is 11.4. The number of piperidine rings is 1. The van der Waals surface area contributed by atoms with Crippen molar-refractivity contribution < 1.29 is 9.53 Å². The minimum atomic E-state index is -0.133. The maximum Gasteiger partial charge on any atom is 0.320 e. The van der Waals surface area contributed by atoms with E-state index in [1.807, 2.05) is 6.92 Å². The zero-order valence-electron chi connectivity index (χ0n) is 10.4. The van der Waals surface area contributed by atoms with Gasteiger partial charge in [-0.05, 0) is 25.7 Å². The molecule has 4 nitrogen and oxygen atoms in total. The zero-order valence-corrected chi connectivity index (χ0v) is 10.4. The molecule has 1 rings (SSSR count). The summed E-state index contributed by atoms with van der Waals surface area (Å²) in [7, 11) is 0. The van der Waals surface area contributed by atoms with Crippen LogP contribution in [-0.4, -0.2) is 43.2 Å². The van der Waals surface area contributed by atoms with Gasteiger partial charge in [0.15, 0.2) is 0 Å². The molecule has 0 spiro atoms. The number of carbonyl (C=O) groups is 1. The summed E-state index contributed by atoms with van der Waals surface area (Å²) < 4.78 is 4.95. The monoisotopic (exact) mass is 228 g/mol. The van der Waals surface area contributed by atoms with Gasteiger partial charge < -0.3 is 10.5 Å². The highest BCUT2D eigenvalue weighted by atomic mass is 16.5. The van der Waals surface area contributed by atoms with Crippen LogP contribution in [0.3, 0.4) is 0 Å². The van der Waals surface area contributed by atoms with Gasteiger partial charge in [0.2, 0.25) is 0 Å². The number of rotatable bonds is 5. The molecule has 1 aliphatic rings. The van der Waals surface area contributed by atoms with Gasteiger partial charge in [-0.3, -0.25) is 9.69 Å². The highest BCUT2D eigenvalue weighted by Gasteiger charge is 2.25. The van der Waals surface area contributed by atoms with Crippen LogP contribution in [-0.2, 0) is 9.53 Å². The minimum Gasteiger partial charge on any atom is -0.465 e. The maximum atomic E-state index is 11.4. The molecule has 0 bridgehead atoms. The van der Waals surface area contributed by atoms with E-state index in [9.17, 15) is 4.79 Å². The van der Waals surface area contributed by atoms with Crippen LogP contribution < -0.4 is 5.73 Å². The SMILES string of the molecule is CCCC1CC(N)CN(CC(=O)OCC)C1. The quantitative estimate of drug-likeness (QED) is 0.713. The van der Waals surface area contributed by atoms with Gasteiger partial charge in [-0.15, -0.1) is 0 Å². The Morgan fingerprint density at radius 1 is 1.44 bits per heavy atom. The molecular weight excluding hydrogens is 204 g/mol. The first-order valence-electron chi connectivity index (χ1n) is 6.29. The molecule has 94 valence electrons. The van der Waals surface area contributed by atoms with Gasteiger partial charge in [0.25, 0.3) is 0 Å². The first-order chi connectivity index (χ1) is 7.65. The summed E-state index contributed by atoms with van der Waals surface area (Å²) in [6.07, 6.45) is 3.48. The third kappa shape index (κ3) is 4.49. The van der Waals surface area contributed by atoms with Crippen molar-refractivity contribution in [3.63, 3.8) is 0 Å². The summed E-state index contributed by atoms with van der Waals surface area (Å²) in [6.45, 7) is 6.67. The highest BCUT2D eigenvalue weighted by Crippen LogP contribution is 2.20. The van der Waals surface area contributed by atoms with Crippen LogP contribution >= 0.6 is 0 Å². The third-order valence-corrected chi connectivity index (χ3v) is 3.00. The second-order valence-electron chi connectivity index (χ2n) is 4.65. The molecule has 0 radical (unpaired) electrons. The largest absolute Gasteiger partial charge is 0.465 e. The molecule has 0 amide bonds. The number of hydrogen-bond donors (Lipinski definition) is 1. The van der Waals surface area contributed by atoms with Crippen molar-refractivity contribution in [2.24, 2.45) is 11.7 Å². The Hall–Kier alpha value is -0.610. The van der Waals surface area contributed by atoms with Gasteiger partial charge >= 0.3 is 5.97 Å². The molecule has 0 aromatic heterocycles. The molecule has 0 aromatic rings. The van der Waals surface area contributed by atoms with Gasteiger partial charge in [0, 0.05) is 19.1 Å². The second kappa shape index (κ2) is 6.86. The van der Waals surface area contributed by atoms with Crippen LogP contribution in [0.15, 0.2) is 0 Å². The third-order valence-electron chi connectivity index (χ3n) is 3.00. The van der Waals surface area contributed by atoms with Crippen LogP contribution in [0.4, 0.5) is 0 Å². The van der Waals surface area contributed by atoms with Crippen molar-refractivity contribution in [1.29, 1.82) is 0 Å². The molecule has 0 aromatic carbocycles. The molecule has 1 aliphatic heterocycles. The summed E-state index contributed by atoms with van der Waals surface area (Å²) in [5.41, 5.74) is 6.00. The molecule has 1 saturated heterocycles. The number of hydrogen-bond acceptors (Lipinski definition) is 4. The fraction of sp³-hybridized carbons (Fsp3) is 0.917. The molecule has 0 saturated carbocycles. The van der Waals surface area contributed by atoms with E-state index in [4.69, 9.17) is 10.5 Å². The average Bonchev–Trinajstić information content (AvgIpc) is 2.17. The van der Waals surface area contributed by atoms with Crippen LogP contribution in [0.25, 0.3) is 0 Å². The van der Waals surface area contributed by atoms with Crippen molar-refractivity contribution in [2.45, 2.75) is 39.2 Å². The molecule has 4 heteroatoms. The van der Waals surface area contributed by atoms with E-state index in [2.05, 4.69) is 11.8 Å². The molecule has 1 fully saturated rings. The molecule has 2 unspecified atom stereocenters. The van der Waals surface area contributed by atoms with Crippen LogP contribution in [0.2, 0.25) is 0 Å². The molecule has 2 atom stereocenters. The molecule has 0 aliphatic carbocycles. The van der Waals surface area contributed by atoms with E-state index < -0.39 is 0 Å². The van der Waals surface area contributed by atoms with E-state index in [0.29, 0.717) is 19.1 Å². The highest BCUT2D eigenvalue weighted by molar-refractivity contribution is 5.71. The normalized spacial score (nSPS) is 26.7. The summed E-state index contributed by atoms with van der Waals surface area (Å²) in [5.74, 6) is 0.509. The van der Waals surface area contributed by atoms with E-state index in [1.54, 1.807) is 0 Å². The topological polar surface area (TPSA) is 55.6 Å². The smallest absolute Gasteiger partial charge is 0.320 e. The molecule has 2 N–H and O–H groups in total. The van der Waals surface area contributed by atoms with Crippen molar-refractivity contribution in [1.82, 2.24) is 4.90 Å². The number of likely N-dealkylation sites (tertiary alicyclic amines) is 1. The van der Waals surface area contributed by atoms with E-state index in [0.717, 1.165) is 19.5 Å². The lowest BCUT2D eigenvalue weighted by molar-refractivity contribution is -0.144. The Kier molecular flexibility index (Phi) is 5.77. The van der Waals surface area contributed by atoms with E-state index in [-0.39, 0.29) is 12.0 Å². The van der Waals surface area contributed by atoms with Gasteiger partial charge in [-0.1, -0.05) is 13.3 Å². The van der Waals surface area contributed by atoms with E-state index >= 15 is 0 Å². The summed E-state index contributed by atoms with van der Waals surface area (Å²) in [6, 6.07) is 0.208. The predicted molar refractivity (Wildman–Crippen MR) is 64.1 cm³/mol. The number of carbonyl (C=O) groups excluding carboxylic acids is 1. The summed E-state index contributed by atoms with van der Waals surface area (Å²) in [4.78, 5) is 13.5. The predicted octanol–water partition coefficient (Wildman–Crippen LogP) is 0.999. The molecule has 16 heavy (non-hydrogen) atoms. The van der Waals surface area contributed by atoms with Crippen LogP contribution in [0.5, 0.6) is 0 Å². The Morgan fingerprint density at radius 2 is 2.19 bits per heavy atom. The lowest BCUT2D eigenvalue weighted by Crippen LogP contribution is -2.48. The standard InChI is InChI=1S/C12H24N2O2/c1-3-5-10-6-11(13)8-14(7-10)9-12(15)16-4-2/h10-11H,3-9,13H2,1-2H3. The van der Waals surface area contributed by atoms with Gasteiger partial charge in [0.05, 0.1) is 13.2 Å². The first-order valence-corrected chi connectivity index (χ1v) is 6.29. The zero-order chi connectivity index (χ0) is 12.0. The van der Waals surface area contributed by atoms with E-state index in [1.165, 1.54) is 12.8 Å². The first kappa shape index (κ1) is 13.5. The molecule has 1 heterocycles.